The van der Waals surface area contributed by atoms with Crippen molar-refractivity contribution < 1.29 is 9.18 Å². The molecule has 0 aromatic heterocycles. The first kappa shape index (κ1) is 13.6. The first-order valence-electron chi connectivity index (χ1n) is 6.76. The molecule has 5 heteroatoms. The van der Waals surface area contributed by atoms with Crippen LogP contribution in [0.1, 0.15) is 11.1 Å². The van der Waals surface area contributed by atoms with Gasteiger partial charge in [-0.25, -0.2) is 4.39 Å². The fourth-order valence-corrected chi connectivity index (χ4v) is 2.56. The van der Waals surface area contributed by atoms with E-state index in [1.807, 2.05) is 12.1 Å². The van der Waals surface area contributed by atoms with Crippen molar-refractivity contribution in [3.05, 3.63) is 59.4 Å². The molecule has 1 aliphatic rings. The Labute approximate surface area is 122 Å². The predicted molar refractivity (Wildman–Crippen MR) is 80.0 cm³/mol. The number of fused-ring (bicyclic) bond motifs is 1. The third-order valence-electron chi connectivity index (χ3n) is 3.56. The Kier molecular flexibility index (Phi) is 3.58. The van der Waals surface area contributed by atoms with Crippen LogP contribution in [0.2, 0.25) is 0 Å². The second-order valence-corrected chi connectivity index (χ2v) is 5.19. The van der Waals surface area contributed by atoms with Gasteiger partial charge >= 0.3 is 0 Å². The van der Waals surface area contributed by atoms with Crippen molar-refractivity contribution >= 4 is 17.3 Å². The number of carbonyl (C=O) groups is 1. The van der Waals surface area contributed by atoms with Crippen molar-refractivity contribution in [2.24, 2.45) is 0 Å². The van der Waals surface area contributed by atoms with Crippen LogP contribution >= 0.6 is 0 Å². The Morgan fingerprint density at radius 3 is 2.48 bits per heavy atom. The Hall–Kier alpha value is -2.40. The molecule has 1 heterocycles. The van der Waals surface area contributed by atoms with E-state index >= 15 is 0 Å². The lowest BCUT2D eigenvalue weighted by Crippen LogP contribution is -2.29. The van der Waals surface area contributed by atoms with E-state index in [4.69, 9.17) is 5.73 Å². The minimum Gasteiger partial charge on any atom is -0.397 e. The Morgan fingerprint density at radius 1 is 1.19 bits per heavy atom. The summed E-state index contributed by atoms with van der Waals surface area (Å²) in [6, 6.07) is 12.1. The topological polar surface area (TPSA) is 58.4 Å². The summed E-state index contributed by atoms with van der Waals surface area (Å²) in [5.74, 6) is -0.568. The van der Waals surface area contributed by atoms with Crippen molar-refractivity contribution in [1.29, 1.82) is 0 Å². The number of hydrogen-bond donors (Lipinski definition) is 2. The zero-order valence-electron chi connectivity index (χ0n) is 11.5. The first-order chi connectivity index (χ1) is 10.1. The number of amides is 1. The highest BCUT2D eigenvalue weighted by Gasteiger charge is 2.20. The summed E-state index contributed by atoms with van der Waals surface area (Å²) in [6.07, 6.45) is 0. The van der Waals surface area contributed by atoms with Crippen LogP contribution in [0.15, 0.2) is 42.5 Å². The van der Waals surface area contributed by atoms with Gasteiger partial charge in [0, 0.05) is 13.1 Å². The molecule has 2 aromatic rings. The van der Waals surface area contributed by atoms with Gasteiger partial charge in [0.2, 0.25) is 5.91 Å². The standard InChI is InChI=1S/C16H16FN3O/c17-13-5-6-15(14(18)7-13)19-16(21)10-20-8-11-3-1-2-4-12(11)9-20/h1-7H,8-10,18H2,(H,19,21). The molecule has 0 bridgehead atoms. The molecule has 0 atom stereocenters. The molecule has 0 fully saturated rings. The number of nitrogen functional groups attached to an aromatic ring is 1. The number of halogens is 1. The van der Waals surface area contributed by atoms with Gasteiger partial charge in [0.1, 0.15) is 5.82 Å². The minimum absolute atomic E-state index is 0.152. The summed E-state index contributed by atoms with van der Waals surface area (Å²) in [5.41, 5.74) is 8.86. The summed E-state index contributed by atoms with van der Waals surface area (Å²) in [4.78, 5) is 14.1. The van der Waals surface area contributed by atoms with Gasteiger partial charge in [-0.3, -0.25) is 9.69 Å². The van der Waals surface area contributed by atoms with Crippen LogP contribution in [-0.2, 0) is 17.9 Å². The molecule has 1 amide bonds. The molecule has 21 heavy (non-hydrogen) atoms. The van der Waals surface area contributed by atoms with E-state index < -0.39 is 5.82 Å². The second kappa shape index (κ2) is 5.54. The molecule has 0 spiro atoms. The van der Waals surface area contributed by atoms with Gasteiger partial charge in [0.05, 0.1) is 17.9 Å². The number of nitrogens with zero attached hydrogens (tertiary/aromatic N) is 1. The highest BCUT2D eigenvalue weighted by molar-refractivity contribution is 5.95. The largest absolute Gasteiger partial charge is 0.397 e. The Bertz CT molecular complexity index is 662. The maximum atomic E-state index is 13.0. The molecule has 3 N–H and O–H groups in total. The molecule has 0 saturated heterocycles. The molecule has 108 valence electrons. The molecule has 3 rings (SSSR count). The van der Waals surface area contributed by atoms with Crippen molar-refractivity contribution in [2.75, 3.05) is 17.6 Å². The summed E-state index contributed by atoms with van der Waals surface area (Å²) in [5, 5.41) is 2.72. The Morgan fingerprint density at radius 2 is 1.86 bits per heavy atom. The van der Waals surface area contributed by atoms with E-state index in [1.165, 1.54) is 29.3 Å². The summed E-state index contributed by atoms with van der Waals surface area (Å²) < 4.78 is 13.0. The van der Waals surface area contributed by atoms with E-state index in [1.54, 1.807) is 0 Å². The molecule has 0 saturated carbocycles. The number of nitrogens with two attached hydrogens (primary N) is 1. The summed E-state index contributed by atoms with van der Waals surface area (Å²) in [6.45, 7) is 1.82. The predicted octanol–water partition coefficient (Wildman–Crippen LogP) is 2.36. The third kappa shape index (κ3) is 3.03. The van der Waals surface area contributed by atoms with Gasteiger partial charge < -0.3 is 11.1 Å². The summed E-state index contributed by atoms with van der Waals surface area (Å²) >= 11 is 0. The smallest absolute Gasteiger partial charge is 0.238 e. The molecule has 0 aliphatic carbocycles. The Balaban J connectivity index is 1.61. The monoisotopic (exact) mass is 285 g/mol. The van der Waals surface area contributed by atoms with Crippen LogP contribution in [0.4, 0.5) is 15.8 Å². The van der Waals surface area contributed by atoms with Crippen molar-refractivity contribution in [2.45, 2.75) is 13.1 Å². The van der Waals surface area contributed by atoms with Crippen molar-refractivity contribution in [3.63, 3.8) is 0 Å². The van der Waals surface area contributed by atoms with Gasteiger partial charge in [-0.05, 0) is 29.3 Å². The first-order valence-corrected chi connectivity index (χ1v) is 6.76. The highest BCUT2D eigenvalue weighted by atomic mass is 19.1. The van der Waals surface area contributed by atoms with Crippen molar-refractivity contribution in [3.8, 4) is 0 Å². The molecular weight excluding hydrogens is 269 g/mol. The van der Waals surface area contributed by atoms with Crippen LogP contribution in [0, 0.1) is 5.82 Å². The fraction of sp³-hybridized carbons (Fsp3) is 0.188. The van der Waals surface area contributed by atoms with E-state index in [9.17, 15) is 9.18 Å². The lowest BCUT2D eigenvalue weighted by atomic mass is 10.1. The zero-order valence-corrected chi connectivity index (χ0v) is 11.5. The van der Waals surface area contributed by atoms with Crippen LogP contribution in [0.25, 0.3) is 0 Å². The van der Waals surface area contributed by atoms with E-state index in [0.29, 0.717) is 5.69 Å². The van der Waals surface area contributed by atoms with Crippen LogP contribution in [0.3, 0.4) is 0 Å². The highest BCUT2D eigenvalue weighted by Crippen LogP contribution is 2.22. The van der Waals surface area contributed by atoms with Gasteiger partial charge in [0.15, 0.2) is 0 Å². The van der Waals surface area contributed by atoms with E-state index in [-0.39, 0.29) is 18.1 Å². The average molecular weight is 285 g/mol. The lowest BCUT2D eigenvalue weighted by Gasteiger charge is -2.15. The van der Waals surface area contributed by atoms with Gasteiger partial charge in [0.25, 0.3) is 0 Å². The average Bonchev–Trinajstić information content (AvgIpc) is 2.84. The molecule has 0 unspecified atom stereocenters. The molecule has 4 nitrogen and oxygen atoms in total. The second-order valence-electron chi connectivity index (χ2n) is 5.19. The van der Waals surface area contributed by atoms with E-state index in [0.717, 1.165) is 13.1 Å². The van der Waals surface area contributed by atoms with Crippen LogP contribution in [0.5, 0.6) is 0 Å². The number of hydrogen-bond acceptors (Lipinski definition) is 3. The number of anilines is 2. The third-order valence-corrected chi connectivity index (χ3v) is 3.56. The molecular formula is C16H16FN3O. The zero-order chi connectivity index (χ0) is 14.8. The molecule has 2 aromatic carbocycles. The maximum Gasteiger partial charge on any atom is 0.238 e. The minimum atomic E-state index is -0.416. The number of benzene rings is 2. The quantitative estimate of drug-likeness (QED) is 0.851. The molecule has 0 radical (unpaired) electrons. The maximum absolute atomic E-state index is 13.0. The van der Waals surface area contributed by atoms with E-state index in [2.05, 4.69) is 22.3 Å². The number of nitrogens with one attached hydrogen (secondary N) is 1. The van der Waals surface area contributed by atoms with Gasteiger partial charge in [-0.2, -0.15) is 0 Å². The molecule has 1 aliphatic heterocycles. The van der Waals surface area contributed by atoms with Crippen molar-refractivity contribution in [1.82, 2.24) is 4.90 Å². The van der Waals surface area contributed by atoms with Crippen LogP contribution < -0.4 is 11.1 Å². The van der Waals surface area contributed by atoms with Crippen LogP contribution in [-0.4, -0.2) is 17.4 Å². The van der Waals surface area contributed by atoms with Gasteiger partial charge in [-0.15, -0.1) is 0 Å². The SMILES string of the molecule is Nc1cc(F)ccc1NC(=O)CN1Cc2ccccc2C1. The summed E-state index contributed by atoms with van der Waals surface area (Å²) in [7, 11) is 0. The lowest BCUT2D eigenvalue weighted by molar-refractivity contribution is -0.117. The number of carbonyl (C=O) groups excluding carboxylic acids is 1. The van der Waals surface area contributed by atoms with Gasteiger partial charge in [-0.1, -0.05) is 24.3 Å². The number of rotatable bonds is 3. The normalized spacial score (nSPS) is 14.0. The fourth-order valence-electron chi connectivity index (χ4n) is 2.56.